The lowest BCUT2D eigenvalue weighted by Gasteiger charge is -2.28. The largest absolute Gasteiger partial charge is 0.480 e. The van der Waals surface area contributed by atoms with Crippen molar-refractivity contribution in [2.75, 3.05) is 0 Å². The summed E-state index contributed by atoms with van der Waals surface area (Å²) in [4.78, 5) is 10.4. The number of carbonyl (C=O) groups is 1. The van der Waals surface area contributed by atoms with E-state index in [1.165, 1.54) is 13.8 Å². The van der Waals surface area contributed by atoms with Gasteiger partial charge in [-0.2, -0.15) is 13.2 Å². The first-order chi connectivity index (χ1) is 5.61. The first-order valence-corrected chi connectivity index (χ1v) is 3.70. The van der Waals surface area contributed by atoms with Crippen LogP contribution in [0, 0.1) is 5.92 Å². The molecule has 1 unspecified atom stereocenters. The number of nitrogens with two attached hydrogens (primary N) is 1. The highest BCUT2D eigenvalue weighted by molar-refractivity contribution is 5.85. The molecule has 0 amide bonds. The van der Waals surface area contributed by atoms with E-state index in [4.69, 9.17) is 10.8 Å². The highest BCUT2D eigenvalue weighted by Crippen LogP contribution is 2.33. The van der Waals surface area contributed by atoms with Crippen molar-refractivity contribution in [1.82, 2.24) is 0 Å². The Balaban J connectivity index is 0. The van der Waals surface area contributed by atoms with Gasteiger partial charge in [0.25, 0.3) is 0 Å². The Morgan fingerprint density at radius 3 is 1.86 bits per heavy atom. The van der Waals surface area contributed by atoms with Crippen LogP contribution in [0.25, 0.3) is 0 Å². The van der Waals surface area contributed by atoms with E-state index in [0.29, 0.717) is 0 Å². The Morgan fingerprint density at radius 2 is 1.79 bits per heavy atom. The summed E-state index contributed by atoms with van der Waals surface area (Å²) in [7, 11) is 0. The van der Waals surface area contributed by atoms with Gasteiger partial charge in [0.05, 0.1) is 0 Å². The zero-order valence-electron chi connectivity index (χ0n) is 7.76. The third kappa shape index (κ3) is 3.34. The average molecular weight is 236 g/mol. The number of hydrogen-bond acceptors (Lipinski definition) is 2. The Bertz CT molecular complexity index is 208. The van der Waals surface area contributed by atoms with Gasteiger partial charge in [-0.25, -0.2) is 4.79 Å². The van der Waals surface area contributed by atoms with Gasteiger partial charge in [-0.05, 0) is 12.3 Å². The second-order valence-corrected chi connectivity index (χ2v) is 3.37. The van der Waals surface area contributed by atoms with Gasteiger partial charge in [-0.15, -0.1) is 12.4 Å². The number of hydrogen-bond donors (Lipinski definition) is 2. The van der Waals surface area contributed by atoms with E-state index in [-0.39, 0.29) is 12.4 Å². The summed E-state index contributed by atoms with van der Waals surface area (Å²) in [6.45, 7) is 2.96. The molecule has 0 aliphatic carbocycles. The highest BCUT2D eigenvalue weighted by atomic mass is 35.5. The summed E-state index contributed by atoms with van der Waals surface area (Å²) in [5, 5.41) is 8.37. The van der Waals surface area contributed by atoms with Crippen LogP contribution in [0.3, 0.4) is 0 Å². The maximum Gasteiger partial charge on any atom is 0.417 e. The molecule has 3 N–H and O–H groups in total. The lowest BCUT2D eigenvalue weighted by molar-refractivity contribution is -0.205. The van der Waals surface area contributed by atoms with Crippen LogP contribution in [-0.4, -0.2) is 22.8 Å². The maximum atomic E-state index is 12.2. The van der Waals surface area contributed by atoms with Crippen molar-refractivity contribution in [3.8, 4) is 0 Å². The summed E-state index contributed by atoms with van der Waals surface area (Å²) < 4.78 is 36.6. The monoisotopic (exact) mass is 235 g/mol. The molecule has 0 aromatic heterocycles. The zero-order valence-corrected chi connectivity index (χ0v) is 8.58. The van der Waals surface area contributed by atoms with Crippen LogP contribution in [0.2, 0.25) is 0 Å². The summed E-state index contributed by atoms with van der Waals surface area (Å²) in [5.41, 5.74) is 1.67. The third-order valence-electron chi connectivity index (χ3n) is 1.62. The van der Waals surface area contributed by atoms with Gasteiger partial charge in [0.15, 0.2) is 0 Å². The highest BCUT2D eigenvalue weighted by Gasteiger charge is 2.58. The average Bonchev–Trinajstić information content (AvgIpc) is 1.82. The van der Waals surface area contributed by atoms with Gasteiger partial charge < -0.3 is 10.8 Å². The molecule has 0 aromatic rings. The molecule has 0 bridgehead atoms. The normalized spacial score (nSPS) is 15.9. The van der Waals surface area contributed by atoms with Crippen molar-refractivity contribution >= 4 is 18.4 Å². The molecule has 0 spiro atoms. The van der Waals surface area contributed by atoms with Gasteiger partial charge in [-0.1, -0.05) is 13.8 Å². The molecule has 0 aromatic carbocycles. The molecule has 0 saturated heterocycles. The van der Waals surface area contributed by atoms with E-state index in [0.717, 1.165) is 0 Å². The molecule has 0 heterocycles. The molecule has 0 aliphatic heterocycles. The van der Waals surface area contributed by atoms with Crippen molar-refractivity contribution in [2.24, 2.45) is 11.7 Å². The fourth-order valence-electron chi connectivity index (χ4n) is 0.968. The van der Waals surface area contributed by atoms with E-state index >= 15 is 0 Å². The third-order valence-corrected chi connectivity index (χ3v) is 1.62. The van der Waals surface area contributed by atoms with E-state index in [1.807, 2.05) is 0 Å². The van der Waals surface area contributed by atoms with Gasteiger partial charge in [0.1, 0.15) is 0 Å². The van der Waals surface area contributed by atoms with E-state index in [9.17, 15) is 18.0 Å². The number of rotatable bonds is 3. The molecular weight excluding hydrogens is 223 g/mol. The molecule has 0 radical (unpaired) electrons. The lowest BCUT2D eigenvalue weighted by Crippen LogP contribution is -2.60. The predicted octanol–water partition coefficient (Wildman–Crippen LogP) is 1.80. The summed E-state index contributed by atoms with van der Waals surface area (Å²) in [6, 6.07) is 0. The summed E-state index contributed by atoms with van der Waals surface area (Å²) in [5.74, 6) is -2.46. The van der Waals surface area contributed by atoms with Crippen LogP contribution in [0.5, 0.6) is 0 Å². The fourth-order valence-corrected chi connectivity index (χ4v) is 0.968. The van der Waals surface area contributed by atoms with Crippen molar-refractivity contribution in [3.63, 3.8) is 0 Å². The Kier molecular flexibility index (Phi) is 5.51. The number of carboxylic acid groups (broad SMARTS) is 1. The molecule has 3 nitrogen and oxygen atoms in total. The van der Waals surface area contributed by atoms with Gasteiger partial charge >= 0.3 is 12.1 Å². The molecule has 1 atom stereocenters. The molecule has 86 valence electrons. The summed E-state index contributed by atoms with van der Waals surface area (Å²) >= 11 is 0. The predicted molar refractivity (Wildman–Crippen MR) is 47.3 cm³/mol. The topological polar surface area (TPSA) is 63.3 Å². The van der Waals surface area contributed by atoms with Crippen LogP contribution >= 0.6 is 12.4 Å². The molecule has 0 rings (SSSR count). The van der Waals surface area contributed by atoms with Crippen LogP contribution in [0.4, 0.5) is 13.2 Å². The molecule has 0 saturated carbocycles. The van der Waals surface area contributed by atoms with Crippen molar-refractivity contribution in [2.45, 2.75) is 32.0 Å². The first-order valence-electron chi connectivity index (χ1n) is 3.70. The van der Waals surface area contributed by atoms with Gasteiger partial charge in [0, 0.05) is 0 Å². The second kappa shape index (κ2) is 4.84. The van der Waals surface area contributed by atoms with Gasteiger partial charge in [0.2, 0.25) is 5.54 Å². The Morgan fingerprint density at radius 1 is 1.43 bits per heavy atom. The first kappa shape index (κ1) is 16.0. The number of alkyl halides is 3. The number of halogens is 4. The van der Waals surface area contributed by atoms with E-state index < -0.39 is 30.0 Å². The number of carboxylic acids is 1. The van der Waals surface area contributed by atoms with Crippen LogP contribution in [0.1, 0.15) is 20.3 Å². The Labute approximate surface area is 85.9 Å². The SMILES string of the molecule is CC(C)CC(N)(C(=O)O)C(F)(F)F.Cl. The van der Waals surface area contributed by atoms with Crippen LogP contribution in [-0.2, 0) is 4.79 Å². The smallest absolute Gasteiger partial charge is 0.417 e. The molecule has 7 heteroatoms. The minimum atomic E-state index is -4.91. The quantitative estimate of drug-likeness (QED) is 0.784. The lowest BCUT2D eigenvalue weighted by atomic mass is 9.89. The maximum absolute atomic E-state index is 12.2. The Hall–Kier alpha value is -0.490. The molecule has 0 aliphatic rings. The van der Waals surface area contributed by atoms with E-state index in [1.54, 1.807) is 0 Å². The standard InChI is InChI=1S/C7H12F3NO2.ClH/c1-4(2)3-6(11,5(12)13)7(8,9)10;/h4H,3,11H2,1-2H3,(H,12,13);1H. The number of aliphatic carboxylic acids is 1. The van der Waals surface area contributed by atoms with Crippen LogP contribution < -0.4 is 5.73 Å². The van der Waals surface area contributed by atoms with Gasteiger partial charge in [-0.3, -0.25) is 0 Å². The minimum absolute atomic E-state index is 0. The summed E-state index contributed by atoms with van der Waals surface area (Å²) in [6.07, 6.45) is -5.53. The van der Waals surface area contributed by atoms with Crippen molar-refractivity contribution in [3.05, 3.63) is 0 Å². The molecular formula is C7H13ClF3NO2. The zero-order chi connectivity index (χ0) is 10.9. The fraction of sp³-hybridized carbons (Fsp3) is 0.857. The molecule has 0 fully saturated rings. The minimum Gasteiger partial charge on any atom is -0.480 e. The van der Waals surface area contributed by atoms with Crippen LogP contribution in [0.15, 0.2) is 0 Å². The second-order valence-electron chi connectivity index (χ2n) is 3.37. The van der Waals surface area contributed by atoms with Crippen molar-refractivity contribution < 1.29 is 23.1 Å². The van der Waals surface area contributed by atoms with Crippen molar-refractivity contribution in [1.29, 1.82) is 0 Å². The van der Waals surface area contributed by atoms with E-state index in [2.05, 4.69) is 0 Å². The molecule has 14 heavy (non-hydrogen) atoms.